The van der Waals surface area contributed by atoms with Crippen LogP contribution in [0.25, 0.3) is 21.8 Å². The molecule has 1 amide bonds. The molecule has 1 atom stereocenters. The van der Waals surface area contributed by atoms with Gasteiger partial charge in [0.1, 0.15) is 0 Å². The number of aromatic amines is 2. The number of benzene rings is 2. The summed E-state index contributed by atoms with van der Waals surface area (Å²) in [5, 5.41) is 15.9. The Hall–Kier alpha value is -2.70. The molecule has 0 saturated heterocycles. The van der Waals surface area contributed by atoms with Crippen molar-refractivity contribution in [2.24, 2.45) is 0 Å². The zero-order valence-corrected chi connectivity index (χ0v) is 15.1. The topological polar surface area (TPSA) is 80.9 Å². The van der Waals surface area contributed by atoms with Gasteiger partial charge in [-0.2, -0.15) is 0 Å². The lowest BCUT2D eigenvalue weighted by molar-refractivity contribution is 0.0886. The number of hydrogen-bond acceptors (Lipinski definition) is 3. The molecule has 2 heterocycles. The number of rotatable bonds is 5. The van der Waals surface area contributed by atoms with E-state index < -0.39 is 4.93 Å². The largest absolute Gasteiger partial charge is 0.373 e. The Kier molecular flexibility index (Phi) is 4.22. The number of hydrogen-bond donors (Lipinski definition) is 4. The fourth-order valence-corrected chi connectivity index (χ4v) is 3.83. The lowest BCUT2D eigenvalue weighted by Gasteiger charge is -2.26. The van der Waals surface area contributed by atoms with Gasteiger partial charge in [0.15, 0.2) is 4.93 Å². The normalized spacial score (nSPS) is 13.8. The average Bonchev–Trinajstić information content (AvgIpc) is 3.30. The SMILES string of the molecule is CSC(O)(CNC(=O)c1c[nH]c2ccccc12)c1c[nH]c2ccccc12. The minimum Gasteiger partial charge on any atom is -0.373 e. The van der Waals surface area contributed by atoms with Crippen molar-refractivity contribution in [3.63, 3.8) is 0 Å². The van der Waals surface area contributed by atoms with E-state index >= 15 is 0 Å². The monoisotopic (exact) mass is 365 g/mol. The second-order valence-electron chi connectivity index (χ2n) is 6.17. The maximum absolute atomic E-state index is 12.7. The van der Waals surface area contributed by atoms with Crippen LogP contribution >= 0.6 is 11.8 Å². The fraction of sp³-hybridized carbons (Fsp3) is 0.150. The summed E-state index contributed by atoms with van der Waals surface area (Å²) in [4.78, 5) is 17.7. The van der Waals surface area contributed by atoms with Gasteiger partial charge in [-0.15, -0.1) is 11.8 Å². The average molecular weight is 365 g/mol. The van der Waals surface area contributed by atoms with Crippen molar-refractivity contribution in [3.8, 4) is 0 Å². The molecule has 4 N–H and O–H groups in total. The van der Waals surface area contributed by atoms with Crippen molar-refractivity contribution in [3.05, 3.63) is 72.1 Å². The van der Waals surface area contributed by atoms with Crippen LogP contribution in [0.3, 0.4) is 0 Å². The summed E-state index contributed by atoms with van der Waals surface area (Å²) in [5.41, 5.74) is 3.20. The van der Waals surface area contributed by atoms with Gasteiger partial charge in [0.05, 0.1) is 12.1 Å². The molecular weight excluding hydrogens is 346 g/mol. The lowest BCUT2D eigenvalue weighted by Crippen LogP contribution is -2.38. The molecule has 0 aliphatic rings. The number of para-hydroxylation sites is 2. The van der Waals surface area contributed by atoms with Gasteiger partial charge in [0, 0.05) is 39.8 Å². The molecule has 0 radical (unpaired) electrons. The molecular formula is C20H19N3O2S. The van der Waals surface area contributed by atoms with Gasteiger partial charge in [0.25, 0.3) is 5.91 Å². The second kappa shape index (κ2) is 6.55. The first-order valence-electron chi connectivity index (χ1n) is 8.31. The highest BCUT2D eigenvalue weighted by molar-refractivity contribution is 7.99. The number of aromatic nitrogens is 2. The summed E-state index contributed by atoms with van der Waals surface area (Å²) in [6.45, 7) is 0.106. The molecule has 0 fully saturated rings. The van der Waals surface area contributed by atoms with Crippen LogP contribution in [0.4, 0.5) is 0 Å². The van der Waals surface area contributed by atoms with Gasteiger partial charge in [-0.1, -0.05) is 36.4 Å². The first-order chi connectivity index (χ1) is 12.6. The van der Waals surface area contributed by atoms with Gasteiger partial charge < -0.3 is 20.4 Å². The standard InChI is InChI=1S/C20H19N3O2S/c1-26-20(25,16-11-22-18-9-5-3-7-14(16)18)12-23-19(24)15-10-21-17-8-4-2-6-13(15)17/h2-11,21-22,25H,12H2,1H3,(H,23,24). The highest BCUT2D eigenvalue weighted by atomic mass is 32.2. The number of aliphatic hydroxyl groups is 1. The summed E-state index contributed by atoms with van der Waals surface area (Å²) < 4.78 is 0. The van der Waals surface area contributed by atoms with Crippen LogP contribution in [0.2, 0.25) is 0 Å². The van der Waals surface area contributed by atoms with E-state index in [1.54, 1.807) is 12.4 Å². The number of amides is 1. The Morgan fingerprint density at radius 2 is 1.65 bits per heavy atom. The quantitative estimate of drug-likeness (QED) is 0.408. The molecule has 2 aromatic heterocycles. The van der Waals surface area contributed by atoms with Crippen LogP contribution in [0.5, 0.6) is 0 Å². The number of nitrogens with one attached hydrogen (secondary N) is 3. The number of carbonyl (C=O) groups is 1. The second-order valence-corrected chi connectivity index (χ2v) is 7.25. The van der Waals surface area contributed by atoms with E-state index in [1.165, 1.54) is 11.8 Å². The van der Waals surface area contributed by atoms with Crippen LogP contribution in [0.1, 0.15) is 15.9 Å². The molecule has 4 rings (SSSR count). The first kappa shape index (κ1) is 16.8. The van der Waals surface area contributed by atoms with E-state index in [0.29, 0.717) is 5.56 Å². The molecule has 2 aromatic carbocycles. The Morgan fingerprint density at radius 1 is 1.04 bits per heavy atom. The van der Waals surface area contributed by atoms with Crippen molar-refractivity contribution in [1.29, 1.82) is 0 Å². The zero-order chi connectivity index (χ0) is 18.1. The highest BCUT2D eigenvalue weighted by Crippen LogP contribution is 2.36. The summed E-state index contributed by atoms with van der Waals surface area (Å²) >= 11 is 1.30. The predicted molar refractivity (Wildman–Crippen MR) is 106 cm³/mol. The van der Waals surface area contributed by atoms with Crippen LogP contribution in [-0.2, 0) is 4.93 Å². The van der Waals surface area contributed by atoms with Crippen molar-refractivity contribution < 1.29 is 9.90 Å². The third kappa shape index (κ3) is 2.77. The van der Waals surface area contributed by atoms with Gasteiger partial charge in [-0.25, -0.2) is 0 Å². The third-order valence-corrected chi connectivity index (χ3v) is 5.71. The maximum Gasteiger partial charge on any atom is 0.253 e. The zero-order valence-electron chi connectivity index (χ0n) is 14.2. The molecule has 0 aliphatic heterocycles. The molecule has 5 nitrogen and oxygen atoms in total. The van der Waals surface area contributed by atoms with Crippen LogP contribution in [0, 0.1) is 0 Å². The van der Waals surface area contributed by atoms with Crippen molar-refractivity contribution >= 4 is 39.5 Å². The molecule has 1 unspecified atom stereocenters. The van der Waals surface area contributed by atoms with E-state index in [1.807, 2.05) is 54.8 Å². The number of thioether (sulfide) groups is 1. The molecule has 6 heteroatoms. The molecule has 0 saturated carbocycles. The van der Waals surface area contributed by atoms with Crippen molar-refractivity contribution in [2.45, 2.75) is 4.93 Å². The van der Waals surface area contributed by atoms with E-state index in [2.05, 4.69) is 15.3 Å². The van der Waals surface area contributed by atoms with E-state index in [-0.39, 0.29) is 12.5 Å². The molecule has 0 aliphatic carbocycles. The van der Waals surface area contributed by atoms with Gasteiger partial charge in [-0.3, -0.25) is 4.79 Å². The van der Waals surface area contributed by atoms with E-state index in [0.717, 1.165) is 27.4 Å². The number of carbonyl (C=O) groups excluding carboxylic acids is 1. The van der Waals surface area contributed by atoms with Crippen LogP contribution < -0.4 is 5.32 Å². The van der Waals surface area contributed by atoms with Gasteiger partial charge in [0.2, 0.25) is 0 Å². The van der Waals surface area contributed by atoms with Gasteiger partial charge >= 0.3 is 0 Å². The first-order valence-corrected chi connectivity index (χ1v) is 9.53. The summed E-state index contributed by atoms with van der Waals surface area (Å²) in [7, 11) is 0. The number of fused-ring (bicyclic) bond motifs is 2. The predicted octanol–water partition coefficient (Wildman–Crippen LogP) is 3.59. The molecule has 26 heavy (non-hydrogen) atoms. The Morgan fingerprint density at radius 3 is 2.38 bits per heavy atom. The smallest absolute Gasteiger partial charge is 0.253 e. The molecule has 4 aromatic rings. The minimum absolute atomic E-state index is 0.106. The van der Waals surface area contributed by atoms with Crippen molar-refractivity contribution in [1.82, 2.24) is 15.3 Å². The summed E-state index contributed by atoms with van der Waals surface area (Å²) in [6, 6.07) is 15.5. The number of H-pyrrole nitrogens is 2. The Balaban J connectivity index is 1.59. The molecule has 132 valence electrons. The molecule has 0 bridgehead atoms. The summed E-state index contributed by atoms with van der Waals surface area (Å²) in [6.07, 6.45) is 5.34. The van der Waals surface area contributed by atoms with E-state index in [9.17, 15) is 9.90 Å². The summed E-state index contributed by atoms with van der Waals surface area (Å²) in [5.74, 6) is -0.213. The molecule has 0 spiro atoms. The fourth-order valence-electron chi connectivity index (χ4n) is 3.23. The minimum atomic E-state index is -1.22. The Labute approximate surface area is 154 Å². The Bertz CT molecular complexity index is 1080. The van der Waals surface area contributed by atoms with Gasteiger partial charge in [-0.05, 0) is 18.4 Å². The van der Waals surface area contributed by atoms with E-state index in [4.69, 9.17) is 0 Å². The maximum atomic E-state index is 12.7. The third-order valence-electron chi connectivity index (χ3n) is 4.67. The highest BCUT2D eigenvalue weighted by Gasteiger charge is 2.31. The van der Waals surface area contributed by atoms with Crippen LogP contribution in [-0.4, -0.2) is 33.8 Å². The van der Waals surface area contributed by atoms with Crippen LogP contribution in [0.15, 0.2) is 60.9 Å². The van der Waals surface area contributed by atoms with Crippen molar-refractivity contribution in [2.75, 3.05) is 12.8 Å². The lowest BCUT2D eigenvalue weighted by atomic mass is 10.1.